The van der Waals surface area contributed by atoms with Gasteiger partial charge in [0.2, 0.25) is 0 Å². The topological polar surface area (TPSA) is 17.1 Å². The molecular formula is C21H28O. The second-order valence-electron chi connectivity index (χ2n) is 8.30. The first-order chi connectivity index (χ1) is 10.1. The van der Waals surface area contributed by atoms with Crippen molar-refractivity contribution in [3.05, 3.63) is 58.7 Å². The third-order valence-electron chi connectivity index (χ3n) is 4.26. The van der Waals surface area contributed by atoms with E-state index in [0.29, 0.717) is 6.42 Å². The maximum absolute atomic E-state index is 12.7. The lowest BCUT2D eigenvalue weighted by molar-refractivity contribution is 0.0992. The highest BCUT2D eigenvalue weighted by Gasteiger charge is 2.23. The quantitative estimate of drug-likeness (QED) is 0.638. The van der Waals surface area contributed by atoms with E-state index < -0.39 is 0 Å². The van der Waals surface area contributed by atoms with Crippen LogP contribution in [0.3, 0.4) is 0 Å². The van der Waals surface area contributed by atoms with Gasteiger partial charge in [-0.05, 0) is 34.5 Å². The fourth-order valence-corrected chi connectivity index (χ4v) is 2.95. The molecule has 118 valence electrons. The summed E-state index contributed by atoms with van der Waals surface area (Å²) in [5, 5.41) is 0. The molecule has 1 aromatic carbocycles. The molecule has 0 saturated carbocycles. The van der Waals surface area contributed by atoms with Gasteiger partial charge in [0, 0.05) is 12.0 Å². The predicted octanol–water partition coefficient (Wildman–Crippen LogP) is 5.86. The van der Waals surface area contributed by atoms with Crippen molar-refractivity contribution in [2.24, 2.45) is 5.41 Å². The van der Waals surface area contributed by atoms with Crippen LogP contribution in [-0.4, -0.2) is 5.78 Å². The molecule has 0 amide bonds. The van der Waals surface area contributed by atoms with Gasteiger partial charge in [-0.1, -0.05) is 77.5 Å². The van der Waals surface area contributed by atoms with E-state index in [0.717, 1.165) is 12.0 Å². The normalized spacial score (nSPS) is 15.5. The number of hydrogen-bond acceptors (Lipinski definition) is 1. The van der Waals surface area contributed by atoms with Gasteiger partial charge in [0.15, 0.2) is 5.78 Å². The largest absolute Gasteiger partial charge is 0.294 e. The number of rotatable bonds is 3. The first kappa shape index (κ1) is 16.7. The third kappa shape index (κ3) is 3.76. The molecule has 2 rings (SSSR count). The van der Waals surface area contributed by atoms with Gasteiger partial charge in [0.1, 0.15) is 0 Å². The summed E-state index contributed by atoms with van der Waals surface area (Å²) in [6, 6.07) is 8.10. The molecule has 0 radical (unpaired) electrons. The van der Waals surface area contributed by atoms with Crippen LogP contribution in [0.2, 0.25) is 0 Å². The summed E-state index contributed by atoms with van der Waals surface area (Å²) in [5.41, 5.74) is 4.83. The van der Waals surface area contributed by atoms with E-state index in [-0.39, 0.29) is 16.6 Å². The third-order valence-corrected chi connectivity index (χ3v) is 4.26. The number of allylic oxidation sites excluding steroid dienone is 4. The molecular weight excluding hydrogens is 268 g/mol. The molecule has 1 nitrogen and oxygen atoms in total. The number of carbonyl (C=O) groups excluding carboxylic acids is 1. The van der Waals surface area contributed by atoms with Gasteiger partial charge in [-0.25, -0.2) is 0 Å². The standard InChI is InChI=1S/C21H28O/c1-20(2,3)17-11-7-10-16(13-17)19(22)14-15-9-8-12-18(15)21(4,5)6/h7-8,10-13H,9,14H2,1-6H3. The summed E-state index contributed by atoms with van der Waals surface area (Å²) in [6.45, 7) is 13.2. The van der Waals surface area contributed by atoms with Crippen molar-refractivity contribution in [2.45, 2.75) is 59.8 Å². The lowest BCUT2D eigenvalue weighted by Gasteiger charge is -2.22. The Morgan fingerprint density at radius 1 is 1.05 bits per heavy atom. The van der Waals surface area contributed by atoms with E-state index in [1.807, 2.05) is 12.1 Å². The van der Waals surface area contributed by atoms with Gasteiger partial charge in [-0.3, -0.25) is 4.79 Å². The monoisotopic (exact) mass is 296 g/mol. The summed E-state index contributed by atoms with van der Waals surface area (Å²) < 4.78 is 0. The number of benzene rings is 1. The van der Waals surface area contributed by atoms with Crippen molar-refractivity contribution < 1.29 is 4.79 Å². The highest BCUT2D eigenvalue weighted by molar-refractivity contribution is 5.98. The maximum Gasteiger partial charge on any atom is 0.166 e. The molecule has 1 aliphatic carbocycles. The molecule has 0 bridgehead atoms. The Hall–Kier alpha value is -1.63. The van der Waals surface area contributed by atoms with Crippen molar-refractivity contribution in [1.29, 1.82) is 0 Å². The first-order valence-corrected chi connectivity index (χ1v) is 8.12. The summed E-state index contributed by atoms with van der Waals surface area (Å²) in [6.07, 6.45) is 5.81. The Labute approximate surface area is 135 Å². The van der Waals surface area contributed by atoms with E-state index in [9.17, 15) is 4.79 Å². The number of Topliss-reactive ketones (excluding diaryl/α,β-unsaturated/α-hetero) is 1. The Bertz CT molecular complexity index is 631. The van der Waals surface area contributed by atoms with Crippen LogP contribution in [0.4, 0.5) is 0 Å². The molecule has 0 saturated heterocycles. The summed E-state index contributed by atoms with van der Waals surface area (Å²) in [4.78, 5) is 12.7. The minimum atomic E-state index is 0.0705. The number of ketones is 1. The zero-order valence-electron chi connectivity index (χ0n) is 14.8. The molecule has 0 spiro atoms. The van der Waals surface area contributed by atoms with Crippen molar-refractivity contribution >= 4 is 5.78 Å². The number of carbonyl (C=O) groups is 1. The summed E-state index contributed by atoms with van der Waals surface area (Å²) >= 11 is 0. The van der Waals surface area contributed by atoms with Crippen LogP contribution >= 0.6 is 0 Å². The molecule has 0 aromatic heterocycles. The van der Waals surface area contributed by atoms with Gasteiger partial charge in [0.25, 0.3) is 0 Å². The molecule has 0 aliphatic heterocycles. The number of hydrogen-bond donors (Lipinski definition) is 0. The van der Waals surface area contributed by atoms with Gasteiger partial charge in [0.05, 0.1) is 0 Å². The van der Waals surface area contributed by atoms with Crippen molar-refractivity contribution in [1.82, 2.24) is 0 Å². The molecule has 1 aliphatic rings. The van der Waals surface area contributed by atoms with Gasteiger partial charge in [-0.15, -0.1) is 0 Å². The van der Waals surface area contributed by atoms with Crippen molar-refractivity contribution in [2.75, 3.05) is 0 Å². The Morgan fingerprint density at radius 3 is 2.32 bits per heavy atom. The van der Waals surface area contributed by atoms with E-state index in [1.54, 1.807) is 0 Å². The molecule has 0 fully saturated rings. The minimum Gasteiger partial charge on any atom is -0.294 e. The smallest absolute Gasteiger partial charge is 0.166 e. The Kier molecular flexibility index (Phi) is 4.47. The van der Waals surface area contributed by atoms with Gasteiger partial charge in [-0.2, -0.15) is 0 Å². The van der Waals surface area contributed by atoms with Gasteiger partial charge >= 0.3 is 0 Å². The molecule has 0 heterocycles. The van der Waals surface area contributed by atoms with Crippen LogP contribution < -0.4 is 0 Å². The van der Waals surface area contributed by atoms with E-state index >= 15 is 0 Å². The van der Waals surface area contributed by atoms with Crippen LogP contribution in [0.5, 0.6) is 0 Å². The van der Waals surface area contributed by atoms with Crippen LogP contribution in [-0.2, 0) is 5.41 Å². The fraction of sp³-hybridized carbons (Fsp3) is 0.476. The summed E-state index contributed by atoms with van der Waals surface area (Å²) in [5.74, 6) is 0.228. The first-order valence-electron chi connectivity index (χ1n) is 8.12. The molecule has 22 heavy (non-hydrogen) atoms. The van der Waals surface area contributed by atoms with Crippen LogP contribution in [0.1, 0.15) is 70.3 Å². The molecule has 1 heteroatoms. The zero-order chi connectivity index (χ0) is 16.5. The Morgan fingerprint density at radius 2 is 1.73 bits per heavy atom. The lowest BCUT2D eigenvalue weighted by atomic mass is 9.82. The lowest BCUT2D eigenvalue weighted by Crippen LogP contribution is -2.13. The minimum absolute atomic E-state index is 0.0705. The van der Waals surface area contributed by atoms with E-state index in [2.05, 4.69) is 65.8 Å². The van der Waals surface area contributed by atoms with Crippen LogP contribution in [0.15, 0.2) is 47.6 Å². The second-order valence-corrected chi connectivity index (χ2v) is 8.30. The average Bonchev–Trinajstić information content (AvgIpc) is 2.86. The molecule has 1 aromatic rings. The maximum atomic E-state index is 12.7. The van der Waals surface area contributed by atoms with Gasteiger partial charge < -0.3 is 0 Å². The van der Waals surface area contributed by atoms with Crippen LogP contribution in [0, 0.1) is 5.41 Å². The van der Waals surface area contributed by atoms with Crippen molar-refractivity contribution in [3.8, 4) is 0 Å². The fourth-order valence-electron chi connectivity index (χ4n) is 2.95. The molecule has 0 unspecified atom stereocenters. The Balaban J connectivity index is 2.24. The molecule has 0 atom stereocenters. The highest BCUT2D eigenvalue weighted by Crippen LogP contribution is 2.36. The molecule has 0 N–H and O–H groups in total. The predicted molar refractivity (Wildman–Crippen MR) is 94.3 cm³/mol. The van der Waals surface area contributed by atoms with Crippen molar-refractivity contribution in [3.63, 3.8) is 0 Å². The SMILES string of the molecule is CC(C)(C)C1=C(CC(=O)c2cccc(C(C)(C)C)c2)CC=C1. The highest BCUT2D eigenvalue weighted by atomic mass is 16.1. The average molecular weight is 296 g/mol. The summed E-state index contributed by atoms with van der Waals surface area (Å²) in [7, 11) is 0. The van der Waals surface area contributed by atoms with E-state index in [1.165, 1.54) is 16.7 Å². The second kappa shape index (κ2) is 5.87. The zero-order valence-corrected chi connectivity index (χ0v) is 14.8. The van der Waals surface area contributed by atoms with Crippen LogP contribution in [0.25, 0.3) is 0 Å². The van der Waals surface area contributed by atoms with E-state index in [4.69, 9.17) is 0 Å².